The molecule has 0 saturated heterocycles. The summed E-state index contributed by atoms with van der Waals surface area (Å²) in [6, 6.07) is 1.76. The van der Waals surface area contributed by atoms with E-state index in [0.29, 0.717) is 12.2 Å². The third kappa shape index (κ3) is 2.88. The molecule has 0 aromatic carbocycles. The minimum Gasteiger partial charge on any atom is -0.340 e. The van der Waals surface area contributed by atoms with Crippen molar-refractivity contribution in [3.05, 3.63) is 16.6 Å². The Kier molecular flexibility index (Phi) is 3.47. The van der Waals surface area contributed by atoms with E-state index in [1.807, 2.05) is 6.92 Å². The van der Waals surface area contributed by atoms with Gasteiger partial charge in [0.15, 0.2) is 0 Å². The molecule has 0 aliphatic rings. The van der Waals surface area contributed by atoms with Crippen LogP contribution in [0.1, 0.15) is 22.3 Å². The number of carbonyl (C=O) groups excluding carboxylic acids is 1. The van der Waals surface area contributed by atoms with Crippen molar-refractivity contribution in [1.82, 2.24) is 9.69 Å². The third-order valence-corrected chi connectivity index (χ3v) is 2.07. The molecule has 4 heteroatoms. The summed E-state index contributed by atoms with van der Waals surface area (Å²) in [5.41, 5.74) is 0.473. The maximum absolute atomic E-state index is 11.3. The molecule has 13 heavy (non-hydrogen) atoms. The molecule has 0 fully saturated rings. The molecule has 1 aromatic rings. The number of aromatic nitrogens is 1. The van der Waals surface area contributed by atoms with Crippen LogP contribution in [0.25, 0.3) is 0 Å². The third-order valence-electron chi connectivity index (χ3n) is 1.37. The van der Waals surface area contributed by atoms with Crippen molar-refractivity contribution in [1.29, 1.82) is 0 Å². The minimum absolute atomic E-state index is 0.160. The Labute approximate surface area is 81.3 Å². The number of aryl methyl sites for hydroxylation is 1. The first-order chi connectivity index (χ1) is 6.24. The van der Waals surface area contributed by atoms with E-state index in [0.717, 1.165) is 4.88 Å². The van der Waals surface area contributed by atoms with Crippen LogP contribution >= 0.6 is 11.5 Å². The second-order valence-electron chi connectivity index (χ2n) is 2.43. The summed E-state index contributed by atoms with van der Waals surface area (Å²) in [6.45, 7) is 4.03. The van der Waals surface area contributed by atoms with E-state index in [1.165, 1.54) is 11.5 Å². The standard InChI is InChI=1S/C9H10N2OS/c1-3-4-5-10-9(12)8-6-7(2)13-11-8/h6H,5H2,1-2H3,(H,10,12). The number of amides is 1. The Balaban J connectivity index is 2.52. The van der Waals surface area contributed by atoms with Crippen molar-refractivity contribution in [2.24, 2.45) is 0 Å². The van der Waals surface area contributed by atoms with Crippen molar-refractivity contribution >= 4 is 17.4 Å². The van der Waals surface area contributed by atoms with Gasteiger partial charge in [-0.15, -0.1) is 5.92 Å². The molecular weight excluding hydrogens is 184 g/mol. The predicted octanol–water partition coefficient (Wildman–Crippen LogP) is 1.20. The number of hydrogen-bond donors (Lipinski definition) is 1. The molecule has 0 unspecified atom stereocenters. The number of hydrogen-bond acceptors (Lipinski definition) is 3. The van der Waals surface area contributed by atoms with E-state index in [-0.39, 0.29) is 5.91 Å². The van der Waals surface area contributed by atoms with E-state index in [2.05, 4.69) is 21.5 Å². The van der Waals surface area contributed by atoms with Crippen LogP contribution < -0.4 is 5.32 Å². The Morgan fingerprint density at radius 1 is 1.77 bits per heavy atom. The van der Waals surface area contributed by atoms with Gasteiger partial charge >= 0.3 is 0 Å². The first-order valence-electron chi connectivity index (χ1n) is 3.85. The number of nitrogens with zero attached hydrogens (tertiary/aromatic N) is 1. The van der Waals surface area contributed by atoms with Crippen LogP contribution in [0.15, 0.2) is 6.07 Å². The summed E-state index contributed by atoms with van der Waals surface area (Å²) in [6.07, 6.45) is 0. The van der Waals surface area contributed by atoms with Crippen molar-refractivity contribution < 1.29 is 4.79 Å². The Bertz CT molecular complexity index is 359. The fourth-order valence-corrected chi connectivity index (χ4v) is 1.32. The number of carbonyl (C=O) groups is 1. The zero-order valence-corrected chi connectivity index (χ0v) is 8.36. The molecule has 3 nitrogen and oxygen atoms in total. The molecule has 0 spiro atoms. The monoisotopic (exact) mass is 194 g/mol. The van der Waals surface area contributed by atoms with Crippen LogP contribution in [0.2, 0.25) is 0 Å². The van der Waals surface area contributed by atoms with Crippen LogP contribution in [0.3, 0.4) is 0 Å². The fourth-order valence-electron chi connectivity index (χ4n) is 0.777. The van der Waals surface area contributed by atoms with Crippen LogP contribution in [0.4, 0.5) is 0 Å². The van der Waals surface area contributed by atoms with E-state index >= 15 is 0 Å². The number of nitrogens with one attached hydrogen (secondary N) is 1. The second kappa shape index (κ2) is 4.63. The van der Waals surface area contributed by atoms with Crippen molar-refractivity contribution in [2.75, 3.05) is 6.54 Å². The van der Waals surface area contributed by atoms with E-state index in [9.17, 15) is 4.79 Å². The highest BCUT2D eigenvalue weighted by molar-refractivity contribution is 7.05. The van der Waals surface area contributed by atoms with Crippen LogP contribution in [0, 0.1) is 18.8 Å². The van der Waals surface area contributed by atoms with Gasteiger partial charge in [0.25, 0.3) is 5.91 Å². The van der Waals surface area contributed by atoms with Gasteiger partial charge in [0.05, 0.1) is 6.54 Å². The molecular formula is C9H10N2OS. The Hall–Kier alpha value is -1.34. The van der Waals surface area contributed by atoms with E-state index < -0.39 is 0 Å². The average molecular weight is 194 g/mol. The lowest BCUT2D eigenvalue weighted by Crippen LogP contribution is -2.23. The first-order valence-corrected chi connectivity index (χ1v) is 4.62. The largest absolute Gasteiger partial charge is 0.340 e. The summed E-state index contributed by atoms with van der Waals surface area (Å²) in [7, 11) is 0. The van der Waals surface area contributed by atoms with Gasteiger partial charge in [-0.2, -0.15) is 4.37 Å². The van der Waals surface area contributed by atoms with Crippen molar-refractivity contribution in [3.63, 3.8) is 0 Å². The maximum Gasteiger partial charge on any atom is 0.271 e. The van der Waals surface area contributed by atoms with Gasteiger partial charge in [0, 0.05) is 4.88 Å². The zero-order valence-electron chi connectivity index (χ0n) is 7.55. The molecule has 0 bridgehead atoms. The molecule has 1 amide bonds. The van der Waals surface area contributed by atoms with Gasteiger partial charge in [-0.3, -0.25) is 4.79 Å². The van der Waals surface area contributed by atoms with Gasteiger partial charge in [0.1, 0.15) is 5.69 Å². The van der Waals surface area contributed by atoms with Gasteiger partial charge in [0.2, 0.25) is 0 Å². The molecule has 0 aliphatic heterocycles. The van der Waals surface area contributed by atoms with Gasteiger partial charge in [-0.25, -0.2) is 0 Å². The lowest BCUT2D eigenvalue weighted by molar-refractivity contribution is 0.0955. The molecule has 0 saturated carbocycles. The number of rotatable bonds is 2. The summed E-state index contributed by atoms with van der Waals surface area (Å²) < 4.78 is 3.98. The molecule has 0 radical (unpaired) electrons. The van der Waals surface area contributed by atoms with Crippen LogP contribution in [0.5, 0.6) is 0 Å². The van der Waals surface area contributed by atoms with Gasteiger partial charge in [-0.05, 0) is 31.4 Å². The lowest BCUT2D eigenvalue weighted by atomic mass is 10.3. The molecule has 0 atom stereocenters. The SMILES string of the molecule is CC#CCNC(=O)c1cc(C)sn1. The second-order valence-corrected chi connectivity index (χ2v) is 3.44. The predicted molar refractivity (Wildman–Crippen MR) is 52.6 cm³/mol. The van der Waals surface area contributed by atoms with Gasteiger partial charge in [-0.1, -0.05) is 5.92 Å². The summed E-state index contributed by atoms with van der Waals surface area (Å²) in [5.74, 6) is 5.29. The maximum atomic E-state index is 11.3. The normalized spacial score (nSPS) is 8.77. The highest BCUT2D eigenvalue weighted by atomic mass is 32.1. The molecule has 1 aromatic heterocycles. The quantitative estimate of drug-likeness (QED) is 0.719. The van der Waals surface area contributed by atoms with Crippen molar-refractivity contribution in [2.45, 2.75) is 13.8 Å². The lowest BCUT2D eigenvalue weighted by Gasteiger charge is -1.95. The van der Waals surface area contributed by atoms with E-state index in [4.69, 9.17) is 0 Å². The summed E-state index contributed by atoms with van der Waals surface area (Å²) in [4.78, 5) is 12.3. The zero-order chi connectivity index (χ0) is 9.68. The van der Waals surface area contributed by atoms with Gasteiger partial charge < -0.3 is 5.32 Å². The molecule has 1 heterocycles. The summed E-state index contributed by atoms with van der Waals surface area (Å²) >= 11 is 1.33. The Morgan fingerprint density at radius 2 is 2.54 bits per heavy atom. The molecule has 0 aliphatic carbocycles. The smallest absolute Gasteiger partial charge is 0.271 e. The fraction of sp³-hybridized carbons (Fsp3) is 0.333. The minimum atomic E-state index is -0.160. The highest BCUT2D eigenvalue weighted by Gasteiger charge is 2.06. The highest BCUT2D eigenvalue weighted by Crippen LogP contribution is 2.07. The molecule has 1 N–H and O–H groups in total. The van der Waals surface area contributed by atoms with E-state index in [1.54, 1.807) is 13.0 Å². The van der Waals surface area contributed by atoms with Crippen molar-refractivity contribution in [3.8, 4) is 11.8 Å². The summed E-state index contributed by atoms with van der Waals surface area (Å²) in [5, 5.41) is 2.64. The molecule has 68 valence electrons. The topological polar surface area (TPSA) is 42.0 Å². The first kappa shape index (κ1) is 9.75. The average Bonchev–Trinajstić information content (AvgIpc) is 2.52. The van der Waals surface area contributed by atoms with Crippen LogP contribution in [-0.4, -0.2) is 16.8 Å². The Morgan fingerprint density at radius 3 is 3.08 bits per heavy atom. The molecule has 1 rings (SSSR count). The van der Waals surface area contributed by atoms with Crippen LogP contribution in [-0.2, 0) is 0 Å².